The fourth-order valence-electron chi connectivity index (χ4n) is 0.641. The zero-order chi connectivity index (χ0) is 8.39. The standard InChI is InChI=1S/C5H2N4O3/c10-3(4-6-1-11-8-4)5-7-2-12-9-5/h1-2H. The van der Waals surface area contributed by atoms with Crippen LogP contribution in [0.3, 0.4) is 0 Å². The number of aromatic nitrogens is 4. The van der Waals surface area contributed by atoms with E-state index in [4.69, 9.17) is 0 Å². The lowest BCUT2D eigenvalue weighted by atomic mass is 10.4. The lowest BCUT2D eigenvalue weighted by Gasteiger charge is -1.82. The van der Waals surface area contributed by atoms with Crippen LogP contribution in [0.4, 0.5) is 0 Å². The molecule has 0 N–H and O–H groups in total. The van der Waals surface area contributed by atoms with Gasteiger partial charge in [-0.05, 0) is 0 Å². The van der Waals surface area contributed by atoms with Gasteiger partial charge >= 0.3 is 0 Å². The van der Waals surface area contributed by atoms with Crippen LogP contribution < -0.4 is 0 Å². The maximum Gasteiger partial charge on any atom is 0.274 e. The minimum absolute atomic E-state index is 0.0867. The van der Waals surface area contributed by atoms with Gasteiger partial charge in [-0.3, -0.25) is 4.79 Å². The average molecular weight is 166 g/mol. The molecule has 0 saturated carbocycles. The van der Waals surface area contributed by atoms with Gasteiger partial charge in [0.15, 0.2) is 0 Å². The first kappa shape index (κ1) is 6.65. The number of hydrogen-bond donors (Lipinski definition) is 0. The van der Waals surface area contributed by atoms with Gasteiger partial charge in [-0.15, -0.1) is 0 Å². The molecule has 7 heteroatoms. The van der Waals surface area contributed by atoms with Crippen LogP contribution in [-0.2, 0) is 0 Å². The highest BCUT2D eigenvalue weighted by molar-refractivity contribution is 6.03. The molecule has 7 nitrogen and oxygen atoms in total. The summed E-state index contributed by atoms with van der Waals surface area (Å²) in [6, 6.07) is 0. The molecule has 0 saturated heterocycles. The summed E-state index contributed by atoms with van der Waals surface area (Å²) in [5.74, 6) is -0.703. The van der Waals surface area contributed by atoms with Crippen LogP contribution in [0.15, 0.2) is 21.8 Å². The first-order chi connectivity index (χ1) is 5.88. The van der Waals surface area contributed by atoms with Crippen molar-refractivity contribution < 1.29 is 13.8 Å². The number of carbonyl (C=O) groups excluding carboxylic acids is 1. The monoisotopic (exact) mass is 166 g/mol. The van der Waals surface area contributed by atoms with Crippen molar-refractivity contribution in [3.8, 4) is 0 Å². The lowest BCUT2D eigenvalue weighted by Crippen LogP contribution is -2.05. The van der Waals surface area contributed by atoms with Crippen LogP contribution in [0.1, 0.15) is 16.4 Å². The molecule has 0 aliphatic rings. The molecule has 0 unspecified atom stereocenters. The Balaban J connectivity index is 2.34. The van der Waals surface area contributed by atoms with Crippen LogP contribution in [0.2, 0.25) is 0 Å². The molecule has 0 spiro atoms. The SMILES string of the molecule is O=C(c1ncon1)c1ncon1. The molecular weight excluding hydrogens is 164 g/mol. The van der Waals surface area contributed by atoms with E-state index in [0.29, 0.717) is 0 Å². The van der Waals surface area contributed by atoms with Crippen molar-refractivity contribution in [3.05, 3.63) is 24.4 Å². The van der Waals surface area contributed by atoms with Crippen molar-refractivity contribution in [1.82, 2.24) is 20.3 Å². The molecule has 0 bridgehead atoms. The third-order valence-electron chi connectivity index (χ3n) is 1.13. The maximum absolute atomic E-state index is 11.2. The predicted octanol–water partition coefficient (Wildman–Crippen LogP) is -0.316. The molecule has 0 atom stereocenters. The van der Waals surface area contributed by atoms with E-state index >= 15 is 0 Å². The van der Waals surface area contributed by atoms with Crippen molar-refractivity contribution in [2.45, 2.75) is 0 Å². The molecule has 12 heavy (non-hydrogen) atoms. The fraction of sp³-hybridized carbons (Fsp3) is 0. The summed E-state index contributed by atoms with van der Waals surface area (Å²) in [5.41, 5.74) is 0. The maximum atomic E-state index is 11.2. The summed E-state index contributed by atoms with van der Waals surface area (Å²) in [6.07, 6.45) is 2.10. The third kappa shape index (κ3) is 0.965. The summed E-state index contributed by atoms with van der Waals surface area (Å²) in [7, 11) is 0. The van der Waals surface area contributed by atoms with Gasteiger partial charge < -0.3 is 9.05 Å². The van der Waals surface area contributed by atoms with Crippen LogP contribution >= 0.6 is 0 Å². The Hall–Kier alpha value is -2.05. The van der Waals surface area contributed by atoms with Crippen LogP contribution in [0, 0.1) is 0 Å². The Kier molecular flexibility index (Phi) is 1.40. The number of hydrogen-bond acceptors (Lipinski definition) is 7. The molecule has 0 aliphatic carbocycles. The molecule has 60 valence electrons. The average Bonchev–Trinajstić information content (AvgIpc) is 2.77. The second kappa shape index (κ2) is 2.53. The normalized spacial score (nSPS) is 10.0. The van der Waals surface area contributed by atoms with E-state index < -0.39 is 5.78 Å². The molecular formula is C5H2N4O3. The van der Waals surface area contributed by atoms with Gasteiger partial charge in [-0.2, -0.15) is 9.97 Å². The van der Waals surface area contributed by atoms with E-state index in [2.05, 4.69) is 29.3 Å². The van der Waals surface area contributed by atoms with Crippen LogP contribution in [-0.4, -0.2) is 26.1 Å². The minimum atomic E-state index is -0.530. The number of ketones is 1. The van der Waals surface area contributed by atoms with E-state index in [0.717, 1.165) is 12.8 Å². The van der Waals surface area contributed by atoms with Gasteiger partial charge in [0.25, 0.3) is 5.78 Å². The van der Waals surface area contributed by atoms with E-state index in [1.165, 1.54) is 0 Å². The highest BCUT2D eigenvalue weighted by Crippen LogP contribution is 1.98. The van der Waals surface area contributed by atoms with E-state index in [1.807, 2.05) is 0 Å². The summed E-state index contributed by atoms with van der Waals surface area (Å²) < 4.78 is 8.73. The Bertz CT molecular complexity index is 329. The van der Waals surface area contributed by atoms with E-state index in [-0.39, 0.29) is 11.6 Å². The van der Waals surface area contributed by atoms with Crippen LogP contribution in [0.5, 0.6) is 0 Å². The summed E-state index contributed by atoms with van der Waals surface area (Å²) in [5, 5.41) is 6.63. The molecule has 2 rings (SSSR count). The molecule has 0 amide bonds. The number of rotatable bonds is 2. The Morgan fingerprint density at radius 1 is 1.08 bits per heavy atom. The quantitative estimate of drug-likeness (QED) is 0.564. The third-order valence-corrected chi connectivity index (χ3v) is 1.13. The first-order valence-corrected chi connectivity index (χ1v) is 2.95. The van der Waals surface area contributed by atoms with Gasteiger partial charge in [0, 0.05) is 0 Å². The fourth-order valence-corrected chi connectivity index (χ4v) is 0.641. The highest BCUT2D eigenvalue weighted by atomic mass is 16.5. The molecule has 0 radical (unpaired) electrons. The second-order valence-corrected chi connectivity index (χ2v) is 1.84. The topological polar surface area (TPSA) is 94.9 Å². The van der Waals surface area contributed by atoms with Gasteiger partial charge in [0.05, 0.1) is 0 Å². The van der Waals surface area contributed by atoms with Gasteiger partial charge in [0.2, 0.25) is 24.4 Å². The van der Waals surface area contributed by atoms with Gasteiger partial charge in [-0.1, -0.05) is 10.3 Å². The van der Waals surface area contributed by atoms with Gasteiger partial charge in [-0.25, -0.2) is 0 Å². The van der Waals surface area contributed by atoms with Gasteiger partial charge in [0.1, 0.15) is 0 Å². The van der Waals surface area contributed by atoms with Crippen molar-refractivity contribution in [2.75, 3.05) is 0 Å². The zero-order valence-corrected chi connectivity index (χ0v) is 5.67. The van der Waals surface area contributed by atoms with Crippen molar-refractivity contribution in [3.63, 3.8) is 0 Å². The van der Waals surface area contributed by atoms with E-state index in [1.54, 1.807) is 0 Å². The number of carbonyl (C=O) groups is 1. The first-order valence-electron chi connectivity index (χ1n) is 2.95. The molecule has 0 aromatic carbocycles. The zero-order valence-electron chi connectivity index (χ0n) is 5.67. The molecule has 2 heterocycles. The Morgan fingerprint density at radius 3 is 1.92 bits per heavy atom. The molecule has 2 aromatic rings. The summed E-state index contributed by atoms with van der Waals surface area (Å²) >= 11 is 0. The second-order valence-electron chi connectivity index (χ2n) is 1.84. The van der Waals surface area contributed by atoms with Crippen molar-refractivity contribution in [1.29, 1.82) is 0 Å². The number of nitrogens with zero attached hydrogens (tertiary/aromatic N) is 4. The van der Waals surface area contributed by atoms with Crippen LogP contribution in [0.25, 0.3) is 0 Å². The molecule has 0 aliphatic heterocycles. The summed E-state index contributed by atoms with van der Waals surface area (Å²) in [6.45, 7) is 0. The lowest BCUT2D eigenvalue weighted by molar-refractivity contribution is 0.101. The molecule has 2 aromatic heterocycles. The largest absolute Gasteiger partial charge is 0.342 e. The highest BCUT2D eigenvalue weighted by Gasteiger charge is 2.17. The Morgan fingerprint density at radius 2 is 1.58 bits per heavy atom. The summed E-state index contributed by atoms with van der Waals surface area (Å²) in [4.78, 5) is 18.2. The predicted molar refractivity (Wildman–Crippen MR) is 32.0 cm³/mol. The minimum Gasteiger partial charge on any atom is -0.342 e. The van der Waals surface area contributed by atoms with Crippen molar-refractivity contribution in [2.24, 2.45) is 0 Å². The molecule has 0 fully saturated rings. The Labute approximate surface area is 65.4 Å². The van der Waals surface area contributed by atoms with Crippen molar-refractivity contribution >= 4 is 5.78 Å². The smallest absolute Gasteiger partial charge is 0.274 e. The van der Waals surface area contributed by atoms with E-state index in [9.17, 15) is 4.79 Å².